The van der Waals surface area contributed by atoms with E-state index in [2.05, 4.69) is 14.8 Å². The molecule has 0 saturated carbocycles. The highest BCUT2D eigenvalue weighted by atomic mass is 16.5. The van der Waals surface area contributed by atoms with Crippen LogP contribution in [0.4, 0.5) is 0 Å². The Labute approximate surface area is 77.4 Å². The fourth-order valence-electron chi connectivity index (χ4n) is 0.666. The van der Waals surface area contributed by atoms with E-state index in [1.54, 1.807) is 6.92 Å². The van der Waals surface area contributed by atoms with E-state index in [1.165, 1.54) is 7.11 Å². The Bertz CT molecular complexity index is 170. The molecule has 0 heterocycles. The number of esters is 1. The Balaban J connectivity index is 3.40. The molecular formula is C8H15NO4. The second-order valence-electron chi connectivity index (χ2n) is 2.32. The third kappa shape index (κ3) is 7.27. The molecule has 0 rings (SSSR count). The number of hydrogen-bond acceptors (Lipinski definition) is 4. The Morgan fingerprint density at radius 1 is 1.38 bits per heavy atom. The molecule has 0 aliphatic heterocycles. The summed E-state index contributed by atoms with van der Waals surface area (Å²) in [7, 11) is 1.51. The second-order valence-corrected chi connectivity index (χ2v) is 2.32. The molecule has 0 spiro atoms. The van der Waals surface area contributed by atoms with E-state index in [0.717, 1.165) is 0 Å². The smallest absolute Gasteiger partial charge is 0.325 e. The van der Waals surface area contributed by atoms with Gasteiger partial charge in [-0.15, -0.1) is 0 Å². The van der Waals surface area contributed by atoms with E-state index in [0.29, 0.717) is 13.2 Å². The maximum atomic E-state index is 10.9. The largest absolute Gasteiger partial charge is 0.465 e. The Morgan fingerprint density at radius 3 is 2.62 bits per heavy atom. The van der Waals surface area contributed by atoms with Crippen molar-refractivity contribution in [3.05, 3.63) is 0 Å². The van der Waals surface area contributed by atoms with Gasteiger partial charge in [-0.1, -0.05) is 0 Å². The Morgan fingerprint density at radius 2 is 2.08 bits per heavy atom. The quantitative estimate of drug-likeness (QED) is 0.583. The Kier molecular flexibility index (Phi) is 6.91. The summed E-state index contributed by atoms with van der Waals surface area (Å²) in [5, 5.41) is 2.41. The number of amides is 1. The Hall–Kier alpha value is -1.10. The van der Waals surface area contributed by atoms with E-state index in [9.17, 15) is 9.59 Å². The van der Waals surface area contributed by atoms with Gasteiger partial charge in [-0.2, -0.15) is 0 Å². The summed E-state index contributed by atoms with van der Waals surface area (Å²) in [6.45, 7) is 2.32. The summed E-state index contributed by atoms with van der Waals surface area (Å²) < 4.78 is 9.30. The van der Waals surface area contributed by atoms with Gasteiger partial charge in [0.15, 0.2) is 0 Å². The van der Waals surface area contributed by atoms with E-state index in [1.807, 2.05) is 0 Å². The first-order valence-electron chi connectivity index (χ1n) is 4.12. The normalized spacial score (nSPS) is 9.38. The van der Waals surface area contributed by atoms with Crippen LogP contribution in [0.5, 0.6) is 0 Å². The molecule has 5 nitrogen and oxygen atoms in total. The molecule has 0 saturated heterocycles. The number of rotatable bonds is 6. The van der Waals surface area contributed by atoms with Gasteiger partial charge in [0, 0.05) is 13.5 Å². The van der Waals surface area contributed by atoms with Crippen molar-refractivity contribution in [2.75, 3.05) is 26.9 Å². The first-order valence-corrected chi connectivity index (χ1v) is 4.12. The maximum absolute atomic E-state index is 10.9. The number of carbonyl (C=O) groups excluding carboxylic acids is 2. The molecular weight excluding hydrogens is 174 g/mol. The first-order chi connectivity index (χ1) is 6.20. The summed E-state index contributed by atoms with van der Waals surface area (Å²) in [6, 6.07) is 0. The molecule has 0 atom stereocenters. The molecule has 1 N–H and O–H groups in total. The lowest BCUT2D eigenvalue weighted by Gasteiger charge is -2.03. The average Bonchev–Trinajstić information content (AvgIpc) is 2.12. The summed E-state index contributed by atoms with van der Waals surface area (Å²) in [5.74, 6) is -0.636. The van der Waals surface area contributed by atoms with Crippen LogP contribution >= 0.6 is 0 Å². The van der Waals surface area contributed by atoms with Gasteiger partial charge >= 0.3 is 5.97 Å². The van der Waals surface area contributed by atoms with Crippen molar-refractivity contribution in [1.29, 1.82) is 0 Å². The van der Waals surface area contributed by atoms with Crippen molar-refractivity contribution in [2.45, 2.75) is 13.3 Å². The number of nitrogens with one attached hydrogen (secondary N) is 1. The van der Waals surface area contributed by atoms with Gasteiger partial charge in [0.1, 0.15) is 6.54 Å². The molecule has 0 fully saturated rings. The molecule has 13 heavy (non-hydrogen) atoms. The van der Waals surface area contributed by atoms with Gasteiger partial charge in [0.05, 0.1) is 13.2 Å². The van der Waals surface area contributed by atoms with Crippen LogP contribution in [-0.4, -0.2) is 38.7 Å². The maximum Gasteiger partial charge on any atom is 0.325 e. The molecule has 76 valence electrons. The van der Waals surface area contributed by atoms with Gasteiger partial charge in [-0.25, -0.2) is 0 Å². The van der Waals surface area contributed by atoms with Crippen LogP contribution in [0.3, 0.4) is 0 Å². The molecule has 0 bridgehead atoms. The molecule has 1 amide bonds. The summed E-state index contributed by atoms with van der Waals surface area (Å²) in [4.78, 5) is 21.7. The zero-order valence-electron chi connectivity index (χ0n) is 7.96. The van der Waals surface area contributed by atoms with Gasteiger partial charge in [-0.3, -0.25) is 9.59 Å². The minimum atomic E-state index is -0.423. The summed E-state index contributed by atoms with van der Waals surface area (Å²) >= 11 is 0. The van der Waals surface area contributed by atoms with Gasteiger partial charge in [-0.05, 0) is 6.92 Å². The van der Waals surface area contributed by atoms with E-state index in [-0.39, 0.29) is 18.9 Å². The third-order valence-electron chi connectivity index (χ3n) is 1.27. The topological polar surface area (TPSA) is 64.6 Å². The molecule has 0 radical (unpaired) electrons. The van der Waals surface area contributed by atoms with Crippen molar-refractivity contribution in [3.8, 4) is 0 Å². The zero-order valence-corrected chi connectivity index (χ0v) is 7.96. The van der Waals surface area contributed by atoms with E-state index >= 15 is 0 Å². The van der Waals surface area contributed by atoms with Crippen LogP contribution in [0.15, 0.2) is 0 Å². The second kappa shape index (κ2) is 7.54. The third-order valence-corrected chi connectivity index (χ3v) is 1.27. The van der Waals surface area contributed by atoms with Crippen LogP contribution in [0.1, 0.15) is 13.3 Å². The number of ether oxygens (including phenoxy) is 2. The number of hydrogen-bond donors (Lipinski definition) is 1. The van der Waals surface area contributed by atoms with Gasteiger partial charge in [0.2, 0.25) is 5.91 Å². The minimum Gasteiger partial charge on any atom is -0.465 e. The summed E-state index contributed by atoms with van der Waals surface area (Å²) in [5.41, 5.74) is 0. The first kappa shape index (κ1) is 11.9. The lowest BCUT2D eigenvalue weighted by atomic mass is 10.4. The monoisotopic (exact) mass is 189 g/mol. The van der Waals surface area contributed by atoms with Crippen LogP contribution in [0.2, 0.25) is 0 Å². The fraction of sp³-hybridized carbons (Fsp3) is 0.750. The van der Waals surface area contributed by atoms with Crippen molar-refractivity contribution in [2.24, 2.45) is 0 Å². The van der Waals surface area contributed by atoms with Crippen LogP contribution in [0.25, 0.3) is 0 Å². The van der Waals surface area contributed by atoms with Gasteiger partial charge < -0.3 is 14.8 Å². The number of carbonyl (C=O) groups is 2. The molecule has 5 heteroatoms. The van der Waals surface area contributed by atoms with Crippen molar-refractivity contribution >= 4 is 11.9 Å². The van der Waals surface area contributed by atoms with Crippen molar-refractivity contribution < 1.29 is 19.1 Å². The molecule has 0 unspecified atom stereocenters. The highest BCUT2D eigenvalue weighted by Crippen LogP contribution is 1.81. The van der Waals surface area contributed by atoms with E-state index in [4.69, 9.17) is 0 Å². The summed E-state index contributed by atoms with van der Waals surface area (Å²) in [6.07, 6.45) is 0.260. The van der Waals surface area contributed by atoms with Crippen LogP contribution in [-0.2, 0) is 19.1 Å². The molecule has 0 aromatic rings. The minimum absolute atomic E-state index is 0.0730. The lowest BCUT2D eigenvalue weighted by Crippen LogP contribution is -2.31. The van der Waals surface area contributed by atoms with Crippen LogP contribution < -0.4 is 5.32 Å². The molecule has 0 aromatic heterocycles. The highest BCUT2D eigenvalue weighted by Gasteiger charge is 2.04. The van der Waals surface area contributed by atoms with Gasteiger partial charge in [0.25, 0.3) is 0 Å². The van der Waals surface area contributed by atoms with E-state index < -0.39 is 5.97 Å². The predicted octanol–water partition coefficient (Wildman–Crippen LogP) is -0.298. The zero-order chi connectivity index (χ0) is 10.1. The molecule has 0 aliphatic rings. The standard InChI is InChI=1S/C8H15NO4/c1-3-13-8(11)6-9-7(10)4-5-12-2/h3-6H2,1-2H3,(H,9,10). The van der Waals surface area contributed by atoms with Crippen molar-refractivity contribution in [1.82, 2.24) is 5.32 Å². The highest BCUT2D eigenvalue weighted by molar-refractivity contribution is 5.81. The fourth-order valence-corrected chi connectivity index (χ4v) is 0.666. The predicted molar refractivity (Wildman–Crippen MR) is 46.1 cm³/mol. The SMILES string of the molecule is CCOC(=O)CNC(=O)CCOC. The molecule has 0 aliphatic carbocycles. The van der Waals surface area contributed by atoms with Crippen molar-refractivity contribution in [3.63, 3.8) is 0 Å². The number of methoxy groups -OCH3 is 1. The van der Waals surface area contributed by atoms with Crippen LogP contribution in [0, 0.1) is 0 Å². The lowest BCUT2D eigenvalue weighted by molar-refractivity contribution is -0.143. The average molecular weight is 189 g/mol. The molecule has 0 aromatic carbocycles.